The quantitative estimate of drug-likeness (QED) is 0.630. The number of benzene rings is 1. The van der Waals surface area contributed by atoms with Crippen molar-refractivity contribution in [3.05, 3.63) is 35.4 Å². The zero-order valence-electron chi connectivity index (χ0n) is 15.7. The molecule has 142 valence electrons. The lowest BCUT2D eigenvalue weighted by Gasteiger charge is -2.27. The number of aliphatic carboxylic acids is 1. The first-order valence-electron chi connectivity index (χ1n) is 8.43. The Kier molecular flexibility index (Phi) is 5.30. The highest BCUT2D eigenvalue weighted by Gasteiger charge is 2.43. The van der Waals surface area contributed by atoms with Crippen LogP contribution < -0.4 is 5.32 Å². The molecule has 0 unspecified atom stereocenters. The standard InChI is InChI=1S/C19H25NO6/c1-18(2,3)26-17(24)20-13-10-11-8-6-7-9-12(11)14(13)25-16(23)19(4,5)15(21)22/h6-9,13-14H,10H2,1-5H3,(H,20,24)(H,21,22)/t13-,14-/m1/s1. The summed E-state index contributed by atoms with van der Waals surface area (Å²) in [7, 11) is 0. The molecule has 1 aliphatic rings. The maximum Gasteiger partial charge on any atom is 0.408 e. The van der Waals surface area contributed by atoms with E-state index in [4.69, 9.17) is 9.47 Å². The van der Waals surface area contributed by atoms with E-state index in [0.29, 0.717) is 6.42 Å². The second-order valence-electron chi connectivity index (χ2n) is 7.91. The first-order valence-corrected chi connectivity index (χ1v) is 8.43. The van der Waals surface area contributed by atoms with Crippen LogP contribution in [-0.4, -0.2) is 34.8 Å². The van der Waals surface area contributed by atoms with E-state index in [1.807, 2.05) is 12.1 Å². The minimum absolute atomic E-state index is 0.459. The Hall–Kier alpha value is -2.57. The summed E-state index contributed by atoms with van der Waals surface area (Å²) < 4.78 is 10.8. The molecule has 7 heteroatoms. The van der Waals surface area contributed by atoms with E-state index in [9.17, 15) is 19.5 Å². The maximum atomic E-state index is 12.4. The van der Waals surface area contributed by atoms with Gasteiger partial charge in [-0.05, 0) is 52.2 Å². The molecule has 1 aromatic carbocycles. The van der Waals surface area contributed by atoms with Gasteiger partial charge in [-0.15, -0.1) is 0 Å². The van der Waals surface area contributed by atoms with Crippen molar-refractivity contribution in [1.82, 2.24) is 5.32 Å². The lowest BCUT2D eigenvalue weighted by Crippen LogP contribution is -2.44. The van der Waals surface area contributed by atoms with Gasteiger partial charge in [0, 0.05) is 0 Å². The van der Waals surface area contributed by atoms with Crippen LogP contribution in [0, 0.1) is 5.41 Å². The number of ether oxygens (including phenoxy) is 2. The number of hydrogen-bond donors (Lipinski definition) is 2. The van der Waals surface area contributed by atoms with Gasteiger partial charge in [0.25, 0.3) is 0 Å². The van der Waals surface area contributed by atoms with Crippen LogP contribution >= 0.6 is 0 Å². The van der Waals surface area contributed by atoms with E-state index in [2.05, 4.69) is 5.32 Å². The summed E-state index contributed by atoms with van der Waals surface area (Å²) in [5.41, 5.74) is -0.663. The number of carboxylic acid groups (broad SMARTS) is 1. The van der Waals surface area contributed by atoms with Crippen LogP contribution in [0.15, 0.2) is 24.3 Å². The SMILES string of the molecule is CC(C)(C)OC(=O)N[C@@H]1Cc2ccccc2[C@H]1OC(=O)C(C)(C)C(=O)O. The molecule has 0 aromatic heterocycles. The summed E-state index contributed by atoms with van der Waals surface area (Å²) in [4.78, 5) is 35.8. The largest absolute Gasteiger partial charge is 0.480 e. The van der Waals surface area contributed by atoms with Gasteiger partial charge in [-0.25, -0.2) is 4.79 Å². The minimum atomic E-state index is -1.69. The average Bonchev–Trinajstić information content (AvgIpc) is 2.82. The molecule has 0 heterocycles. The maximum absolute atomic E-state index is 12.4. The number of hydrogen-bond acceptors (Lipinski definition) is 5. The number of fused-ring (bicyclic) bond motifs is 1. The Labute approximate surface area is 152 Å². The van der Waals surface area contributed by atoms with Crippen molar-refractivity contribution < 1.29 is 29.0 Å². The lowest BCUT2D eigenvalue weighted by molar-refractivity contribution is -0.171. The van der Waals surface area contributed by atoms with Gasteiger partial charge in [0.2, 0.25) is 0 Å². The summed E-state index contributed by atoms with van der Waals surface area (Å²) in [5, 5.41) is 12.0. The van der Waals surface area contributed by atoms with Crippen LogP contribution in [-0.2, 0) is 25.5 Å². The van der Waals surface area contributed by atoms with Gasteiger partial charge < -0.3 is 19.9 Å². The molecule has 0 fully saturated rings. The third-order valence-electron chi connectivity index (χ3n) is 4.15. The number of carboxylic acids is 1. The minimum Gasteiger partial charge on any atom is -0.480 e. The summed E-state index contributed by atoms with van der Waals surface area (Å²) in [6.07, 6.45) is -0.931. The second-order valence-corrected chi connectivity index (χ2v) is 7.91. The van der Waals surface area contributed by atoms with E-state index in [-0.39, 0.29) is 0 Å². The zero-order valence-corrected chi connectivity index (χ0v) is 15.7. The van der Waals surface area contributed by atoms with Crippen molar-refractivity contribution in [1.29, 1.82) is 0 Å². The Bertz CT molecular complexity index is 719. The summed E-state index contributed by atoms with van der Waals surface area (Å²) in [6.45, 7) is 7.83. The molecular formula is C19H25NO6. The predicted molar refractivity (Wildman–Crippen MR) is 93.6 cm³/mol. The van der Waals surface area contributed by atoms with Crippen molar-refractivity contribution >= 4 is 18.0 Å². The molecule has 26 heavy (non-hydrogen) atoms. The Morgan fingerprint density at radius 3 is 2.31 bits per heavy atom. The van der Waals surface area contributed by atoms with Gasteiger partial charge in [0.05, 0.1) is 6.04 Å². The van der Waals surface area contributed by atoms with Gasteiger partial charge in [-0.1, -0.05) is 24.3 Å². The van der Waals surface area contributed by atoms with Crippen LogP contribution in [0.5, 0.6) is 0 Å². The van der Waals surface area contributed by atoms with Crippen molar-refractivity contribution in [2.45, 2.75) is 58.8 Å². The summed E-state index contributed by atoms with van der Waals surface area (Å²) in [5.74, 6) is -2.13. The van der Waals surface area contributed by atoms with Crippen molar-refractivity contribution in [3.63, 3.8) is 0 Å². The topological polar surface area (TPSA) is 102 Å². The van der Waals surface area contributed by atoms with Gasteiger partial charge >= 0.3 is 18.0 Å². The normalized spacial score (nSPS) is 19.4. The molecular weight excluding hydrogens is 338 g/mol. The first kappa shape index (κ1) is 19.8. The van der Waals surface area contributed by atoms with Crippen molar-refractivity contribution in [3.8, 4) is 0 Å². The highest BCUT2D eigenvalue weighted by atomic mass is 16.6. The number of nitrogens with one attached hydrogen (secondary N) is 1. The first-order chi connectivity index (χ1) is 11.9. The second kappa shape index (κ2) is 6.97. The number of amides is 1. The summed E-state index contributed by atoms with van der Waals surface area (Å²) in [6, 6.07) is 6.82. The molecule has 2 atom stereocenters. The number of rotatable bonds is 4. The van der Waals surface area contributed by atoms with E-state index in [1.165, 1.54) is 13.8 Å². The number of carbonyl (C=O) groups is 3. The van der Waals surface area contributed by atoms with Gasteiger partial charge in [0.15, 0.2) is 5.41 Å². The van der Waals surface area contributed by atoms with Crippen LogP contribution in [0.4, 0.5) is 4.79 Å². The lowest BCUT2D eigenvalue weighted by atomic mass is 9.94. The van der Waals surface area contributed by atoms with Crippen LogP contribution in [0.3, 0.4) is 0 Å². The number of carbonyl (C=O) groups excluding carboxylic acids is 2. The fraction of sp³-hybridized carbons (Fsp3) is 0.526. The Balaban J connectivity index is 2.22. The van der Waals surface area contributed by atoms with E-state index in [0.717, 1.165) is 11.1 Å². The highest BCUT2D eigenvalue weighted by molar-refractivity contribution is 5.98. The van der Waals surface area contributed by atoms with Crippen LogP contribution in [0.1, 0.15) is 51.8 Å². The molecule has 1 aliphatic carbocycles. The van der Waals surface area contributed by atoms with Gasteiger partial charge in [-0.3, -0.25) is 9.59 Å². The monoisotopic (exact) mass is 363 g/mol. The molecule has 0 saturated heterocycles. The fourth-order valence-electron chi connectivity index (χ4n) is 2.64. The Morgan fingerprint density at radius 2 is 1.73 bits per heavy atom. The summed E-state index contributed by atoms with van der Waals surface area (Å²) >= 11 is 0. The molecule has 1 aromatic rings. The van der Waals surface area contributed by atoms with Crippen molar-refractivity contribution in [2.24, 2.45) is 5.41 Å². The van der Waals surface area contributed by atoms with Gasteiger partial charge in [0.1, 0.15) is 11.7 Å². The smallest absolute Gasteiger partial charge is 0.408 e. The molecule has 1 amide bonds. The fourth-order valence-corrected chi connectivity index (χ4v) is 2.64. The third kappa shape index (κ3) is 4.33. The third-order valence-corrected chi connectivity index (χ3v) is 4.15. The van der Waals surface area contributed by atoms with E-state index < -0.39 is 41.2 Å². The zero-order chi connectivity index (χ0) is 19.7. The number of alkyl carbamates (subject to hydrolysis) is 1. The molecule has 0 aliphatic heterocycles. The van der Waals surface area contributed by atoms with Crippen molar-refractivity contribution in [2.75, 3.05) is 0 Å². The highest BCUT2D eigenvalue weighted by Crippen LogP contribution is 2.36. The molecule has 2 N–H and O–H groups in total. The van der Waals surface area contributed by atoms with Crippen LogP contribution in [0.25, 0.3) is 0 Å². The van der Waals surface area contributed by atoms with E-state index in [1.54, 1.807) is 32.9 Å². The average molecular weight is 363 g/mol. The molecule has 2 rings (SSSR count). The molecule has 0 bridgehead atoms. The van der Waals surface area contributed by atoms with Gasteiger partial charge in [-0.2, -0.15) is 0 Å². The van der Waals surface area contributed by atoms with Crippen LogP contribution in [0.2, 0.25) is 0 Å². The Morgan fingerprint density at radius 1 is 1.12 bits per heavy atom. The molecule has 7 nitrogen and oxygen atoms in total. The predicted octanol–water partition coefficient (Wildman–Crippen LogP) is 2.83. The molecule has 0 radical (unpaired) electrons. The van der Waals surface area contributed by atoms with E-state index >= 15 is 0 Å². The molecule has 0 saturated carbocycles. The number of esters is 1. The molecule has 0 spiro atoms.